The summed E-state index contributed by atoms with van der Waals surface area (Å²) in [6.07, 6.45) is 4.06. The molecular formula is C12H12F5NS. The maximum atomic E-state index is 13.4. The second-order valence-corrected chi connectivity index (χ2v) is 5.60. The van der Waals surface area contributed by atoms with Crippen molar-refractivity contribution in [2.75, 3.05) is 11.6 Å². The first kappa shape index (κ1) is 14.4. The maximum Gasteiger partial charge on any atom is 0.200 e. The third-order valence-corrected chi connectivity index (χ3v) is 4.37. The Kier molecular flexibility index (Phi) is 4.23. The summed E-state index contributed by atoms with van der Waals surface area (Å²) in [7, 11) is 0. The van der Waals surface area contributed by atoms with Gasteiger partial charge in [0.05, 0.1) is 0 Å². The summed E-state index contributed by atoms with van der Waals surface area (Å²) in [5.74, 6) is -9.57. The highest BCUT2D eigenvalue weighted by molar-refractivity contribution is 7.99. The van der Waals surface area contributed by atoms with Gasteiger partial charge in [0.1, 0.15) is 5.69 Å². The van der Waals surface area contributed by atoms with Gasteiger partial charge in [-0.25, -0.2) is 22.0 Å². The smallest absolute Gasteiger partial charge is 0.200 e. The molecule has 0 amide bonds. The van der Waals surface area contributed by atoms with Crippen LogP contribution < -0.4 is 5.32 Å². The Hall–Kier alpha value is -0.980. The summed E-state index contributed by atoms with van der Waals surface area (Å²) < 4.78 is 65.8. The molecule has 106 valence electrons. The molecule has 1 aromatic rings. The van der Waals surface area contributed by atoms with E-state index >= 15 is 0 Å². The van der Waals surface area contributed by atoms with E-state index in [1.54, 1.807) is 11.8 Å². The van der Waals surface area contributed by atoms with Gasteiger partial charge in [0.15, 0.2) is 23.3 Å². The highest BCUT2D eigenvalue weighted by Gasteiger charge is 2.30. The monoisotopic (exact) mass is 297 g/mol. The van der Waals surface area contributed by atoms with Gasteiger partial charge in [-0.2, -0.15) is 11.8 Å². The van der Waals surface area contributed by atoms with E-state index in [0.29, 0.717) is 18.1 Å². The normalized spacial score (nSPS) is 22.8. The summed E-state index contributed by atoms with van der Waals surface area (Å²) in [5, 5.41) is 2.79. The number of thioether (sulfide) groups is 1. The molecule has 0 bridgehead atoms. The van der Waals surface area contributed by atoms with Gasteiger partial charge in [0.2, 0.25) is 5.82 Å². The van der Waals surface area contributed by atoms with Crippen molar-refractivity contribution in [3.63, 3.8) is 0 Å². The van der Waals surface area contributed by atoms with Crippen molar-refractivity contribution >= 4 is 17.4 Å². The van der Waals surface area contributed by atoms with Crippen LogP contribution in [0.4, 0.5) is 27.6 Å². The van der Waals surface area contributed by atoms with Crippen molar-refractivity contribution in [1.29, 1.82) is 0 Å². The molecule has 0 spiro atoms. The van der Waals surface area contributed by atoms with Gasteiger partial charge < -0.3 is 5.32 Å². The fourth-order valence-electron chi connectivity index (χ4n) is 2.22. The highest BCUT2D eigenvalue weighted by atomic mass is 32.2. The fraction of sp³-hybridized carbons (Fsp3) is 0.500. The molecule has 1 aromatic carbocycles. The number of nitrogens with one attached hydrogen (secondary N) is 1. The van der Waals surface area contributed by atoms with Crippen LogP contribution in [-0.4, -0.2) is 17.5 Å². The minimum absolute atomic E-state index is 0.272. The van der Waals surface area contributed by atoms with E-state index in [2.05, 4.69) is 5.32 Å². The Balaban J connectivity index is 2.26. The van der Waals surface area contributed by atoms with Crippen molar-refractivity contribution in [3.05, 3.63) is 29.1 Å². The predicted molar refractivity (Wildman–Crippen MR) is 64.8 cm³/mol. The van der Waals surface area contributed by atoms with Crippen molar-refractivity contribution in [3.8, 4) is 0 Å². The molecule has 0 radical (unpaired) electrons. The van der Waals surface area contributed by atoms with Crippen LogP contribution >= 0.6 is 11.8 Å². The summed E-state index contributed by atoms with van der Waals surface area (Å²) in [5.41, 5.74) is -0.928. The van der Waals surface area contributed by atoms with Crippen molar-refractivity contribution < 1.29 is 22.0 Å². The standard InChI is InChI=1S/C12H12F5NS/c1-19-6-3-2-5(4-6)18-12-10(16)8(14)7(13)9(15)11(12)17/h5-6,18H,2-4H2,1H3. The molecule has 7 heteroatoms. The van der Waals surface area contributed by atoms with Gasteiger partial charge in [-0.1, -0.05) is 0 Å². The lowest BCUT2D eigenvalue weighted by Gasteiger charge is -2.16. The molecule has 1 aliphatic rings. The van der Waals surface area contributed by atoms with Gasteiger partial charge in [-0.3, -0.25) is 0 Å². The van der Waals surface area contributed by atoms with Crippen molar-refractivity contribution in [2.24, 2.45) is 0 Å². The number of hydrogen-bond acceptors (Lipinski definition) is 2. The van der Waals surface area contributed by atoms with Crippen LogP contribution in [0.2, 0.25) is 0 Å². The van der Waals surface area contributed by atoms with Gasteiger partial charge in [0, 0.05) is 11.3 Å². The molecule has 2 atom stereocenters. The SMILES string of the molecule is CSC1CCC(Nc2c(F)c(F)c(F)c(F)c2F)C1. The number of rotatable bonds is 3. The number of anilines is 1. The molecule has 1 N–H and O–H groups in total. The molecule has 19 heavy (non-hydrogen) atoms. The number of hydrogen-bond donors (Lipinski definition) is 1. The Bertz CT molecular complexity index is 464. The minimum atomic E-state index is -2.13. The molecule has 1 aliphatic carbocycles. The number of halogens is 5. The second kappa shape index (κ2) is 5.56. The first-order valence-corrected chi connectivity index (χ1v) is 7.05. The van der Waals surface area contributed by atoms with E-state index in [-0.39, 0.29) is 6.04 Å². The quantitative estimate of drug-likeness (QED) is 0.512. The van der Waals surface area contributed by atoms with Gasteiger partial charge in [0.25, 0.3) is 0 Å². The van der Waals surface area contributed by atoms with E-state index in [4.69, 9.17) is 0 Å². The van der Waals surface area contributed by atoms with E-state index < -0.39 is 34.8 Å². The van der Waals surface area contributed by atoms with E-state index in [0.717, 1.165) is 6.42 Å². The topological polar surface area (TPSA) is 12.0 Å². The Morgan fingerprint density at radius 3 is 1.89 bits per heavy atom. The summed E-state index contributed by atoms with van der Waals surface area (Å²) in [4.78, 5) is 0. The lowest BCUT2D eigenvalue weighted by atomic mass is 10.2. The van der Waals surface area contributed by atoms with Crippen LogP contribution in [0.5, 0.6) is 0 Å². The Morgan fingerprint density at radius 2 is 1.42 bits per heavy atom. The van der Waals surface area contributed by atoms with Crippen molar-refractivity contribution in [2.45, 2.75) is 30.6 Å². The zero-order valence-electron chi connectivity index (χ0n) is 10.1. The molecular weight excluding hydrogens is 285 g/mol. The second-order valence-electron chi connectivity index (χ2n) is 4.46. The highest BCUT2D eigenvalue weighted by Crippen LogP contribution is 2.33. The van der Waals surface area contributed by atoms with E-state index in [9.17, 15) is 22.0 Å². The first-order chi connectivity index (χ1) is 8.95. The molecule has 2 rings (SSSR count). The molecule has 0 saturated heterocycles. The molecule has 2 unspecified atom stereocenters. The molecule has 0 heterocycles. The van der Waals surface area contributed by atoms with E-state index in [1.807, 2.05) is 6.26 Å². The average molecular weight is 297 g/mol. The average Bonchev–Trinajstić information content (AvgIpc) is 2.87. The molecule has 0 aromatic heterocycles. The largest absolute Gasteiger partial charge is 0.377 e. The zero-order chi connectivity index (χ0) is 14.2. The number of benzene rings is 1. The minimum Gasteiger partial charge on any atom is -0.377 e. The summed E-state index contributed by atoms with van der Waals surface area (Å²) >= 11 is 1.63. The van der Waals surface area contributed by atoms with Crippen LogP contribution in [0.25, 0.3) is 0 Å². The lowest BCUT2D eigenvalue weighted by Crippen LogP contribution is -2.19. The molecule has 0 aliphatic heterocycles. The van der Waals surface area contributed by atoms with Gasteiger partial charge >= 0.3 is 0 Å². The predicted octanol–water partition coefficient (Wildman–Crippen LogP) is 4.08. The summed E-state index contributed by atoms with van der Waals surface area (Å²) in [6, 6.07) is -0.272. The summed E-state index contributed by atoms with van der Waals surface area (Å²) in [6.45, 7) is 0. The Morgan fingerprint density at radius 1 is 0.895 bits per heavy atom. The van der Waals surface area contributed by atoms with Crippen LogP contribution in [0.3, 0.4) is 0 Å². The van der Waals surface area contributed by atoms with Crippen LogP contribution in [0.1, 0.15) is 19.3 Å². The van der Waals surface area contributed by atoms with Crippen molar-refractivity contribution in [1.82, 2.24) is 0 Å². The first-order valence-electron chi connectivity index (χ1n) is 5.76. The van der Waals surface area contributed by atoms with Gasteiger partial charge in [-0.05, 0) is 25.5 Å². The van der Waals surface area contributed by atoms with Crippen LogP contribution in [0, 0.1) is 29.1 Å². The Labute approximate surface area is 111 Å². The maximum absolute atomic E-state index is 13.4. The molecule has 1 fully saturated rings. The molecule has 1 nitrogen and oxygen atoms in total. The third-order valence-electron chi connectivity index (χ3n) is 3.28. The third kappa shape index (κ3) is 2.66. The molecule has 1 saturated carbocycles. The van der Waals surface area contributed by atoms with Gasteiger partial charge in [-0.15, -0.1) is 0 Å². The van der Waals surface area contributed by atoms with E-state index in [1.165, 1.54) is 0 Å². The van der Waals surface area contributed by atoms with Crippen LogP contribution in [0.15, 0.2) is 0 Å². The van der Waals surface area contributed by atoms with Crippen LogP contribution in [-0.2, 0) is 0 Å². The lowest BCUT2D eigenvalue weighted by molar-refractivity contribution is 0.380. The zero-order valence-corrected chi connectivity index (χ0v) is 10.9. The fourth-order valence-corrected chi connectivity index (χ4v) is 3.02.